The van der Waals surface area contributed by atoms with Crippen LogP contribution in [0.15, 0.2) is 0 Å². The molecule has 2 aliphatic carbocycles. The maximum Gasteiger partial charge on any atom is 0.401 e. The Bertz CT molecular complexity index is 328. The Morgan fingerprint density at radius 2 is 1.94 bits per heavy atom. The maximum atomic E-state index is 12.3. The fraction of sp³-hybridized carbons (Fsp3) is 0.917. The third-order valence-corrected chi connectivity index (χ3v) is 4.11. The molecule has 0 spiro atoms. The number of hydrogen-bond donors (Lipinski definition) is 2. The average molecular weight is 265 g/mol. The summed E-state index contributed by atoms with van der Waals surface area (Å²) < 4.78 is 36.8. The van der Waals surface area contributed by atoms with E-state index in [4.69, 9.17) is 0 Å². The van der Waals surface area contributed by atoms with Crippen LogP contribution in [0.4, 0.5) is 13.2 Å². The molecule has 2 rings (SSSR count). The second-order valence-corrected chi connectivity index (χ2v) is 5.55. The molecule has 2 aliphatic rings. The molecule has 2 unspecified atom stereocenters. The molecule has 0 aromatic rings. The Morgan fingerprint density at radius 3 is 2.44 bits per heavy atom. The summed E-state index contributed by atoms with van der Waals surface area (Å²) in [5, 5.41) is 11.5. The van der Waals surface area contributed by atoms with E-state index in [9.17, 15) is 23.1 Å². The van der Waals surface area contributed by atoms with E-state index < -0.39 is 24.2 Å². The SMILES string of the molecule is O=C(O)C1(NCC(F)(F)F)CCCC(C2CC2)C1. The molecule has 0 bridgehead atoms. The van der Waals surface area contributed by atoms with Gasteiger partial charge in [0, 0.05) is 0 Å². The van der Waals surface area contributed by atoms with Crippen LogP contribution in [0, 0.1) is 11.8 Å². The molecular weight excluding hydrogens is 247 g/mol. The van der Waals surface area contributed by atoms with E-state index in [1.54, 1.807) is 0 Å². The molecule has 2 N–H and O–H groups in total. The lowest BCUT2D eigenvalue weighted by atomic mass is 9.73. The molecule has 2 fully saturated rings. The number of rotatable bonds is 4. The first-order chi connectivity index (χ1) is 8.32. The van der Waals surface area contributed by atoms with Crippen molar-refractivity contribution in [2.45, 2.75) is 50.2 Å². The van der Waals surface area contributed by atoms with Gasteiger partial charge in [0.2, 0.25) is 0 Å². The van der Waals surface area contributed by atoms with E-state index >= 15 is 0 Å². The van der Waals surface area contributed by atoms with Crippen molar-refractivity contribution in [2.75, 3.05) is 6.54 Å². The molecule has 18 heavy (non-hydrogen) atoms. The van der Waals surface area contributed by atoms with E-state index in [-0.39, 0.29) is 5.92 Å². The van der Waals surface area contributed by atoms with E-state index in [0.717, 1.165) is 19.3 Å². The van der Waals surface area contributed by atoms with Crippen LogP contribution in [-0.4, -0.2) is 29.3 Å². The summed E-state index contributed by atoms with van der Waals surface area (Å²) >= 11 is 0. The quantitative estimate of drug-likeness (QED) is 0.821. The predicted octanol–water partition coefficient (Wildman–Crippen LogP) is 2.56. The van der Waals surface area contributed by atoms with Crippen LogP contribution in [0.2, 0.25) is 0 Å². The Hall–Kier alpha value is -0.780. The lowest BCUT2D eigenvalue weighted by Gasteiger charge is -2.38. The maximum absolute atomic E-state index is 12.3. The smallest absolute Gasteiger partial charge is 0.401 e. The minimum Gasteiger partial charge on any atom is -0.480 e. The van der Waals surface area contributed by atoms with Crippen LogP contribution in [0.5, 0.6) is 0 Å². The third-order valence-electron chi connectivity index (χ3n) is 4.11. The highest BCUT2D eigenvalue weighted by Gasteiger charge is 2.47. The first kappa shape index (κ1) is 13.6. The van der Waals surface area contributed by atoms with Gasteiger partial charge in [0.05, 0.1) is 6.54 Å². The van der Waals surface area contributed by atoms with Crippen molar-refractivity contribution >= 4 is 5.97 Å². The van der Waals surface area contributed by atoms with Gasteiger partial charge in [-0.1, -0.05) is 12.8 Å². The molecule has 0 radical (unpaired) electrons. The molecule has 0 aliphatic heterocycles. The van der Waals surface area contributed by atoms with Gasteiger partial charge in [0.15, 0.2) is 0 Å². The topological polar surface area (TPSA) is 49.3 Å². The van der Waals surface area contributed by atoms with Crippen molar-refractivity contribution in [3.05, 3.63) is 0 Å². The minimum atomic E-state index is -4.37. The fourth-order valence-electron chi connectivity index (χ4n) is 2.99. The normalized spacial score (nSPS) is 33.4. The molecule has 0 aromatic heterocycles. The van der Waals surface area contributed by atoms with Gasteiger partial charge in [-0.05, 0) is 37.5 Å². The van der Waals surface area contributed by atoms with Crippen molar-refractivity contribution in [3.8, 4) is 0 Å². The molecule has 2 atom stereocenters. The number of halogens is 3. The molecule has 0 heterocycles. The summed E-state index contributed by atoms with van der Waals surface area (Å²) in [4.78, 5) is 11.4. The van der Waals surface area contributed by atoms with Gasteiger partial charge in [0.1, 0.15) is 5.54 Å². The average Bonchev–Trinajstić information content (AvgIpc) is 3.09. The van der Waals surface area contributed by atoms with E-state index in [0.29, 0.717) is 25.2 Å². The molecule has 2 saturated carbocycles. The van der Waals surface area contributed by atoms with Gasteiger partial charge in [0.25, 0.3) is 0 Å². The van der Waals surface area contributed by atoms with Crippen molar-refractivity contribution < 1.29 is 23.1 Å². The van der Waals surface area contributed by atoms with Gasteiger partial charge in [-0.15, -0.1) is 0 Å². The zero-order chi connectivity index (χ0) is 13.4. The molecule has 6 heteroatoms. The number of hydrogen-bond acceptors (Lipinski definition) is 2. The predicted molar refractivity (Wildman–Crippen MR) is 59.1 cm³/mol. The number of carboxylic acid groups (broad SMARTS) is 1. The number of nitrogens with one attached hydrogen (secondary N) is 1. The highest BCUT2D eigenvalue weighted by atomic mass is 19.4. The molecule has 104 valence electrons. The lowest BCUT2D eigenvalue weighted by molar-refractivity contribution is -0.153. The zero-order valence-corrected chi connectivity index (χ0v) is 10.1. The van der Waals surface area contributed by atoms with Crippen LogP contribution >= 0.6 is 0 Å². The molecule has 0 aromatic carbocycles. The van der Waals surface area contributed by atoms with Crippen LogP contribution in [-0.2, 0) is 4.79 Å². The van der Waals surface area contributed by atoms with E-state index in [2.05, 4.69) is 5.32 Å². The third kappa shape index (κ3) is 3.16. The fourth-order valence-corrected chi connectivity index (χ4v) is 2.99. The summed E-state index contributed by atoms with van der Waals surface area (Å²) in [5.74, 6) is -0.329. The van der Waals surface area contributed by atoms with E-state index in [1.807, 2.05) is 0 Å². The summed E-state index contributed by atoms with van der Waals surface area (Å²) in [5.41, 5.74) is -1.37. The van der Waals surface area contributed by atoms with E-state index in [1.165, 1.54) is 0 Å². The van der Waals surface area contributed by atoms with Crippen molar-refractivity contribution in [1.29, 1.82) is 0 Å². The number of carboxylic acids is 1. The van der Waals surface area contributed by atoms with Gasteiger partial charge < -0.3 is 5.11 Å². The van der Waals surface area contributed by atoms with Crippen LogP contribution in [0.25, 0.3) is 0 Å². The Kier molecular flexibility index (Phi) is 3.58. The van der Waals surface area contributed by atoms with Crippen LogP contribution < -0.4 is 5.32 Å². The first-order valence-electron chi connectivity index (χ1n) is 6.38. The summed E-state index contributed by atoms with van der Waals surface area (Å²) in [6, 6.07) is 0. The zero-order valence-electron chi connectivity index (χ0n) is 10.1. The standard InChI is InChI=1S/C12H18F3NO2/c13-12(14,15)7-16-11(10(17)18)5-1-2-9(6-11)8-3-4-8/h8-9,16H,1-7H2,(H,17,18). The Morgan fingerprint density at radius 1 is 1.28 bits per heavy atom. The summed E-state index contributed by atoms with van der Waals surface area (Å²) in [7, 11) is 0. The number of aliphatic carboxylic acids is 1. The highest BCUT2D eigenvalue weighted by Crippen LogP contribution is 2.46. The van der Waals surface area contributed by atoms with Gasteiger partial charge in [-0.3, -0.25) is 10.1 Å². The van der Waals surface area contributed by atoms with Gasteiger partial charge in [-0.25, -0.2) is 0 Å². The second kappa shape index (κ2) is 4.72. The highest BCUT2D eigenvalue weighted by molar-refractivity contribution is 5.79. The van der Waals surface area contributed by atoms with Crippen molar-refractivity contribution in [1.82, 2.24) is 5.32 Å². The Balaban J connectivity index is 2.03. The van der Waals surface area contributed by atoms with Crippen molar-refractivity contribution in [2.24, 2.45) is 11.8 Å². The molecular formula is C12H18F3NO2. The molecule has 0 saturated heterocycles. The number of alkyl halides is 3. The first-order valence-corrected chi connectivity index (χ1v) is 6.38. The van der Waals surface area contributed by atoms with Crippen LogP contribution in [0.3, 0.4) is 0 Å². The second-order valence-electron chi connectivity index (χ2n) is 5.55. The summed E-state index contributed by atoms with van der Waals surface area (Å²) in [6.07, 6.45) is 0.102. The van der Waals surface area contributed by atoms with Gasteiger partial charge >= 0.3 is 12.1 Å². The Labute approximate surface area is 104 Å². The van der Waals surface area contributed by atoms with Crippen LogP contribution in [0.1, 0.15) is 38.5 Å². The van der Waals surface area contributed by atoms with Crippen molar-refractivity contribution in [3.63, 3.8) is 0 Å². The molecule has 0 amide bonds. The largest absolute Gasteiger partial charge is 0.480 e. The summed E-state index contributed by atoms with van der Waals surface area (Å²) in [6.45, 7) is -1.23. The number of carbonyl (C=O) groups is 1. The monoisotopic (exact) mass is 265 g/mol. The minimum absolute atomic E-state index is 0.274. The lowest BCUT2D eigenvalue weighted by Crippen LogP contribution is -2.57. The molecule has 3 nitrogen and oxygen atoms in total. The van der Waals surface area contributed by atoms with Gasteiger partial charge in [-0.2, -0.15) is 13.2 Å².